The number of unbranched alkanes of at least 4 members (excludes halogenated alkanes) is 2. The van der Waals surface area contributed by atoms with Crippen molar-refractivity contribution in [2.24, 2.45) is 0 Å². The third-order valence-corrected chi connectivity index (χ3v) is 2.63. The summed E-state index contributed by atoms with van der Waals surface area (Å²) >= 11 is 0. The molecule has 0 bridgehead atoms. The Morgan fingerprint density at radius 1 is 1.29 bits per heavy atom. The van der Waals surface area contributed by atoms with Gasteiger partial charge in [-0.2, -0.15) is 0 Å². The highest BCUT2D eigenvalue weighted by Crippen LogP contribution is 2.13. The van der Waals surface area contributed by atoms with Gasteiger partial charge in [-0.3, -0.25) is 9.59 Å². The van der Waals surface area contributed by atoms with Crippen LogP contribution in [-0.2, 0) is 9.59 Å². The Morgan fingerprint density at radius 3 is 2.76 bits per heavy atom. The van der Waals surface area contributed by atoms with Crippen molar-refractivity contribution >= 4 is 11.9 Å². The predicted octanol–water partition coefficient (Wildman–Crippen LogP) is 2.02. The summed E-state index contributed by atoms with van der Waals surface area (Å²) in [7, 11) is 0. The van der Waals surface area contributed by atoms with E-state index in [-0.39, 0.29) is 12.3 Å². The summed E-state index contributed by atoms with van der Waals surface area (Å²) < 4.78 is 0. The van der Waals surface area contributed by atoms with Crippen molar-refractivity contribution in [3.63, 3.8) is 0 Å². The number of carboxylic acid groups (broad SMARTS) is 1. The standard InChI is InChI=1S/C13H19NO3/c15-12(10-11-6-3-4-7-11)14-9-5-1-2-8-13(16)17/h3-4,6H,1-2,5,7-10H2,(H,14,15)(H,16,17). The fourth-order valence-electron chi connectivity index (χ4n) is 1.70. The van der Waals surface area contributed by atoms with Crippen molar-refractivity contribution in [1.82, 2.24) is 5.32 Å². The SMILES string of the molecule is O=C(O)CCCCCNC(=O)CC1=CC=CC1. The van der Waals surface area contributed by atoms with E-state index in [0.717, 1.165) is 24.8 Å². The Labute approximate surface area is 101 Å². The average molecular weight is 237 g/mol. The summed E-state index contributed by atoms with van der Waals surface area (Å²) in [5, 5.41) is 11.3. The van der Waals surface area contributed by atoms with Crippen LogP contribution < -0.4 is 5.32 Å². The summed E-state index contributed by atoms with van der Waals surface area (Å²) in [5.74, 6) is -0.701. The van der Waals surface area contributed by atoms with Crippen LogP contribution in [0.15, 0.2) is 23.8 Å². The van der Waals surface area contributed by atoms with E-state index in [0.29, 0.717) is 19.4 Å². The maximum atomic E-state index is 11.5. The zero-order valence-electron chi connectivity index (χ0n) is 9.95. The highest BCUT2D eigenvalue weighted by molar-refractivity contribution is 5.78. The molecule has 0 atom stereocenters. The minimum absolute atomic E-state index is 0.0539. The van der Waals surface area contributed by atoms with Gasteiger partial charge in [-0.05, 0) is 19.3 Å². The average Bonchev–Trinajstić information content (AvgIpc) is 2.75. The molecular weight excluding hydrogens is 218 g/mol. The monoisotopic (exact) mass is 237 g/mol. The number of rotatable bonds is 8. The fourth-order valence-corrected chi connectivity index (χ4v) is 1.70. The molecule has 0 aromatic heterocycles. The van der Waals surface area contributed by atoms with Crippen molar-refractivity contribution in [1.29, 1.82) is 0 Å². The molecule has 0 aromatic carbocycles. The fraction of sp³-hybridized carbons (Fsp3) is 0.538. The Morgan fingerprint density at radius 2 is 2.12 bits per heavy atom. The molecule has 0 heterocycles. The summed E-state index contributed by atoms with van der Waals surface area (Å²) in [6, 6.07) is 0. The predicted molar refractivity (Wildman–Crippen MR) is 65.6 cm³/mol. The van der Waals surface area contributed by atoms with Gasteiger partial charge in [0.2, 0.25) is 5.91 Å². The quantitative estimate of drug-likeness (QED) is 0.635. The number of carbonyl (C=O) groups excluding carboxylic acids is 1. The van der Waals surface area contributed by atoms with Gasteiger partial charge in [0.15, 0.2) is 0 Å². The summed E-state index contributed by atoms with van der Waals surface area (Å²) in [4.78, 5) is 21.7. The third kappa shape index (κ3) is 6.56. The molecule has 94 valence electrons. The molecule has 4 nitrogen and oxygen atoms in total. The summed E-state index contributed by atoms with van der Waals surface area (Å²) in [6.07, 6.45) is 9.92. The van der Waals surface area contributed by atoms with Crippen LogP contribution in [0.5, 0.6) is 0 Å². The normalized spacial score (nSPS) is 13.5. The van der Waals surface area contributed by atoms with Gasteiger partial charge in [0, 0.05) is 19.4 Å². The Hall–Kier alpha value is -1.58. The van der Waals surface area contributed by atoms with Crippen molar-refractivity contribution in [2.45, 2.75) is 38.5 Å². The van der Waals surface area contributed by atoms with Crippen LogP contribution in [0.2, 0.25) is 0 Å². The molecule has 0 fully saturated rings. The second-order valence-corrected chi connectivity index (χ2v) is 4.19. The highest BCUT2D eigenvalue weighted by atomic mass is 16.4. The second kappa shape index (κ2) is 7.65. The van der Waals surface area contributed by atoms with E-state index in [2.05, 4.69) is 5.32 Å². The van der Waals surface area contributed by atoms with Crippen LogP contribution in [0.4, 0.5) is 0 Å². The number of amides is 1. The van der Waals surface area contributed by atoms with Gasteiger partial charge in [0.1, 0.15) is 0 Å². The molecule has 4 heteroatoms. The van der Waals surface area contributed by atoms with Crippen LogP contribution >= 0.6 is 0 Å². The molecule has 1 rings (SSSR count). The molecule has 0 radical (unpaired) electrons. The molecule has 1 aliphatic rings. The van der Waals surface area contributed by atoms with E-state index in [4.69, 9.17) is 5.11 Å². The zero-order valence-corrected chi connectivity index (χ0v) is 9.95. The molecule has 1 aliphatic carbocycles. The first-order chi connectivity index (χ1) is 8.18. The van der Waals surface area contributed by atoms with Gasteiger partial charge in [-0.25, -0.2) is 0 Å². The van der Waals surface area contributed by atoms with Crippen molar-refractivity contribution < 1.29 is 14.7 Å². The number of hydrogen-bond donors (Lipinski definition) is 2. The molecule has 0 aromatic rings. The van der Waals surface area contributed by atoms with Gasteiger partial charge < -0.3 is 10.4 Å². The topological polar surface area (TPSA) is 66.4 Å². The number of carboxylic acids is 1. The summed E-state index contributed by atoms with van der Waals surface area (Å²) in [6.45, 7) is 0.638. The molecule has 17 heavy (non-hydrogen) atoms. The maximum Gasteiger partial charge on any atom is 0.303 e. The lowest BCUT2D eigenvalue weighted by atomic mass is 10.1. The highest BCUT2D eigenvalue weighted by Gasteiger charge is 2.06. The lowest BCUT2D eigenvalue weighted by molar-refractivity contribution is -0.137. The van der Waals surface area contributed by atoms with Gasteiger partial charge in [-0.1, -0.05) is 30.2 Å². The largest absolute Gasteiger partial charge is 0.481 e. The molecule has 0 aliphatic heterocycles. The van der Waals surface area contributed by atoms with Crippen molar-refractivity contribution in [2.75, 3.05) is 6.54 Å². The molecule has 0 saturated heterocycles. The molecule has 0 unspecified atom stereocenters. The van der Waals surface area contributed by atoms with E-state index in [9.17, 15) is 9.59 Å². The molecule has 0 spiro atoms. The zero-order chi connectivity index (χ0) is 12.5. The van der Waals surface area contributed by atoms with Gasteiger partial charge in [0.05, 0.1) is 0 Å². The van der Waals surface area contributed by atoms with E-state index in [1.165, 1.54) is 0 Å². The lowest BCUT2D eigenvalue weighted by Crippen LogP contribution is -2.24. The maximum absolute atomic E-state index is 11.5. The van der Waals surface area contributed by atoms with Crippen molar-refractivity contribution in [3.05, 3.63) is 23.8 Å². The Balaban J connectivity index is 1.95. The first kappa shape index (κ1) is 13.5. The van der Waals surface area contributed by atoms with Crippen LogP contribution in [-0.4, -0.2) is 23.5 Å². The minimum atomic E-state index is -0.755. The first-order valence-electron chi connectivity index (χ1n) is 6.01. The van der Waals surface area contributed by atoms with E-state index < -0.39 is 5.97 Å². The number of aliphatic carboxylic acids is 1. The molecular formula is C13H19NO3. The number of hydrogen-bond acceptors (Lipinski definition) is 2. The molecule has 2 N–H and O–H groups in total. The third-order valence-electron chi connectivity index (χ3n) is 2.63. The van der Waals surface area contributed by atoms with Crippen LogP contribution in [0.3, 0.4) is 0 Å². The van der Waals surface area contributed by atoms with Gasteiger partial charge in [-0.15, -0.1) is 0 Å². The molecule has 1 amide bonds. The van der Waals surface area contributed by atoms with E-state index in [1.807, 2.05) is 18.2 Å². The Bertz CT molecular complexity index is 332. The summed E-state index contributed by atoms with van der Waals surface area (Å²) in [5.41, 5.74) is 1.15. The second-order valence-electron chi connectivity index (χ2n) is 4.19. The Kier molecular flexibility index (Phi) is 6.07. The van der Waals surface area contributed by atoms with Crippen molar-refractivity contribution in [3.8, 4) is 0 Å². The van der Waals surface area contributed by atoms with Crippen LogP contribution in [0, 0.1) is 0 Å². The van der Waals surface area contributed by atoms with E-state index >= 15 is 0 Å². The molecule has 0 saturated carbocycles. The number of allylic oxidation sites excluding steroid dienone is 3. The number of nitrogens with one attached hydrogen (secondary N) is 1. The van der Waals surface area contributed by atoms with Crippen LogP contribution in [0.25, 0.3) is 0 Å². The number of carbonyl (C=O) groups is 2. The minimum Gasteiger partial charge on any atom is -0.481 e. The van der Waals surface area contributed by atoms with Gasteiger partial charge >= 0.3 is 5.97 Å². The van der Waals surface area contributed by atoms with Gasteiger partial charge in [0.25, 0.3) is 0 Å². The lowest BCUT2D eigenvalue weighted by Gasteiger charge is -2.05. The smallest absolute Gasteiger partial charge is 0.303 e. The van der Waals surface area contributed by atoms with E-state index in [1.54, 1.807) is 0 Å². The first-order valence-corrected chi connectivity index (χ1v) is 6.01. The van der Waals surface area contributed by atoms with Crippen LogP contribution in [0.1, 0.15) is 38.5 Å².